The molecule has 0 saturated carbocycles. The lowest BCUT2D eigenvalue weighted by Gasteiger charge is -2.28. The van der Waals surface area contributed by atoms with Crippen molar-refractivity contribution in [3.63, 3.8) is 0 Å². The van der Waals surface area contributed by atoms with Gasteiger partial charge in [-0.15, -0.1) is 5.92 Å². The number of rotatable bonds is 2. The third-order valence-corrected chi connectivity index (χ3v) is 3.90. The molecule has 1 heterocycles. The number of para-hydroxylation sites is 1. The van der Waals surface area contributed by atoms with E-state index in [0.29, 0.717) is 0 Å². The molecule has 1 aliphatic rings. The highest BCUT2D eigenvalue weighted by Gasteiger charge is 2.16. The molecule has 108 valence electrons. The van der Waals surface area contributed by atoms with Gasteiger partial charge in [-0.25, -0.2) is 0 Å². The molecule has 2 aromatic rings. The summed E-state index contributed by atoms with van der Waals surface area (Å²) in [6, 6.07) is 16.6. The van der Waals surface area contributed by atoms with Crippen molar-refractivity contribution in [2.24, 2.45) is 0 Å². The van der Waals surface area contributed by atoms with Gasteiger partial charge < -0.3 is 4.90 Å². The van der Waals surface area contributed by atoms with E-state index < -0.39 is 0 Å². The molecular weight excluding hydrogens is 290 g/mol. The van der Waals surface area contributed by atoms with Crippen LogP contribution in [0.5, 0.6) is 0 Å². The number of alkyl halides is 1. The Morgan fingerprint density at radius 1 is 1.00 bits per heavy atom. The SMILES string of the molecule is CC#Cc1ccc(-c2ccccc2N2C=CC=CC2Cl)cc1. The van der Waals surface area contributed by atoms with Crippen molar-refractivity contribution in [3.05, 3.63) is 78.5 Å². The summed E-state index contributed by atoms with van der Waals surface area (Å²) >= 11 is 6.41. The third kappa shape index (κ3) is 2.93. The van der Waals surface area contributed by atoms with Crippen LogP contribution in [0.1, 0.15) is 12.5 Å². The molecule has 0 fully saturated rings. The standard InChI is InChI=1S/C20H16ClN/c1-2-7-16-11-13-17(14-12-16)18-8-3-4-9-19(18)22-15-6-5-10-20(22)21/h3-6,8-15,20H,1H3. The first-order chi connectivity index (χ1) is 10.8. The molecule has 1 aliphatic heterocycles. The maximum Gasteiger partial charge on any atom is 0.127 e. The largest absolute Gasteiger partial charge is 0.327 e. The Hall–Kier alpha value is -2.43. The molecule has 0 radical (unpaired) electrons. The van der Waals surface area contributed by atoms with Gasteiger partial charge in [-0.1, -0.05) is 53.9 Å². The van der Waals surface area contributed by atoms with Crippen molar-refractivity contribution in [2.75, 3.05) is 4.90 Å². The van der Waals surface area contributed by atoms with Crippen LogP contribution in [0.15, 0.2) is 73.0 Å². The molecule has 1 unspecified atom stereocenters. The number of hydrogen-bond donors (Lipinski definition) is 0. The van der Waals surface area contributed by atoms with Crippen molar-refractivity contribution in [3.8, 4) is 23.0 Å². The fourth-order valence-electron chi connectivity index (χ4n) is 2.51. The summed E-state index contributed by atoms with van der Waals surface area (Å²) in [5.74, 6) is 5.99. The molecule has 1 nitrogen and oxygen atoms in total. The molecule has 0 aliphatic carbocycles. The molecule has 2 heteroatoms. The minimum Gasteiger partial charge on any atom is -0.327 e. The molecule has 0 bridgehead atoms. The highest BCUT2D eigenvalue weighted by Crippen LogP contribution is 2.34. The molecule has 0 spiro atoms. The molecule has 2 aromatic carbocycles. The zero-order valence-corrected chi connectivity index (χ0v) is 13.1. The van der Waals surface area contributed by atoms with E-state index in [1.54, 1.807) is 0 Å². The lowest BCUT2D eigenvalue weighted by atomic mass is 10.0. The van der Waals surface area contributed by atoms with E-state index in [9.17, 15) is 0 Å². The smallest absolute Gasteiger partial charge is 0.127 e. The van der Waals surface area contributed by atoms with Crippen LogP contribution in [0.2, 0.25) is 0 Å². The summed E-state index contributed by atoms with van der Waals surface area (Å²) < 4.78 is 0. The van der Waals surface area contributed by atoms with Crippen LogP contribution in [0.4, 0.5) is 5.69 Å². The number of nitrogens with zero attached hydrogens (tertiary/aromatic N) is 1. The molecule has 1 atom stereocenters. The van der Waals surface area contributed by atoms with Crippen molar-refractivity contribution in [1.82, 2.24) is 0 Å². The van der Waals surface area contributed by atoms with E-state index in [4.69, 9.17) is 11.6 Å². The van der Waals surface area contributed by atoms with Gasteiger partial charge in [0.05, 0.1) is 5.69 Å². The Labute approximate surface area is 136 Å². The van der Waals surface area contributed by atoms with Crippen LogP contribution in [0.25, 0.3) is 11.1 Å². The van der Waals surface area contributed by atoms with E-state index in [1.165, 1.54) is 0 Å². The number of benzene rings is 2. The Morgan fingerprint density at radius 3 is 2.50 bits per heavy atom. The predicted molar refractivity (Wildman–Crippen MR) is 94.8 cm³/mol. The van der Waals surface area contributed by atoms with Gasteiger partial charge in [0, 0.05) is 17.3 Å². The van der Waals surface area contributed by atoms with Gasteiger partial charge in [-0.05, 0) is 42.8 Å². The summed E-state index contributed by atoms with van der Waals surface area (Å²) in [4.78, 5) is 2.07. The fourth-order valence-corrected chi connectivity index (χ4v) is 2.76. The van der Waals surface area contributed by atoms with Crippen molar-refractivity contribution in [1.29, 1.82) is 0 Å². The van der Waals surface area contributed by atoms with Crippen LogP contribution >= 0.6 is 11.6 Å². The van der Waals surface area contributed by atoms with Crippen LogP contribution in [-0.4, -0.2) is 5.50 Å². The molecule has 3 rings (SSSR count). The average molecular weight is 306 g/mol. The Balaban J connectivity index is 2.02. The van der Waals surface area contributed by atoms with E-state index in [2.05, 4.69) is 41.0 Å². The summed E-state index contributed by atoms with van der Waals surface area (Å²) in [5, 5.41) is 0. The Morgan fingerprint density at radius 2 is 1.77 bits per heavy atom. The number of hydrogen-bond acceptors (Lipinski definition) is 1. The van der Waals surface area contributed by atoms with E-state index in [-0.39, 0.29) is 5.50 Å². The highest BCUT2D eigenvalue weighted by atomic mass is 35.5. The van der Waals surface area contributed by atoms with Crippen molar-refractivity contribution in [2.45, 2.75) is 12.4 Å². The second-order valence-electron chi connectivity index (χ2n) is 4.98. The minimum absolute atomic E-state index is 0.170. The topological polar surface area (TPSA) is 3.24 Å². The molecule has 0 aromatic heterocycles. The average Bonchev–Trinajstić information content (AvgIpc) is 2.56. The van der Waals surface area contributed by atoms with Crippen LogP contribution in [0.3, 0.4) is 0 Å². The van der Waals surface area contributed by atoms with Crippen LogP contribution < -0.4 is 4.90 Å². The quantitative estimate of drug-likeness (QED) is 0.420. The second kappa shape index (κ2) is 6.56. The van der Waals surface area contributed by atoms with Gasteiger partial charge in [-0.2, -0.15) is 0 Å². The van der Waals surface area contributed by atoms with Crippen LogP contribution in [-0.2, 0) is 0 Å². The van der Waals surface area contributed by atoms with Gasteiger partial charge >= 0.3 is 0 Å². The maximum absolute atomic E-state index is 6.41. The molecular formula is C20H16ClN. The lowest BCUT2D eigenvalue weighted by Crippen LogP contribution is -2.25. The maximum atomic E-state index is 6.41. The van der Waals surface area contributed by atoms with Crippen molar-refractivity contribution >= 4 is 17.3 Å². The minimum atomic E-state index is -0.170. The zero-order chi connectivity index (χ0) is 15.4. The molecule has 0 N–H and O–H groups in total. The number of halogens is 1. The summed E-state index contributed by atoms with van der Waals surface area (Å²) in [6.07, 6.45) is 7.94. The Kier molecular flexibility index (Phi) is 4.32. The summed E-state index contributed by atoms with van der Waals surface area (Å²) in [5.41, 5.74) is 4.27. The van der Waals surface area contributed by atoms with E-state index in [1.807, 2.05) is 55.6 Å². The predicted octanol–water partition coefficient (Wildman–Crippen LogP) is 5.18. The monoisotopic (exact) mass is 305 g/mol. The third-order valence-electron chi connectivity index (χ3n) is 3.54. The van der Waals surface area contributed by atoms with Crippen LogP contribution in [0, 0.1) is 11.8 Å². The van der Waals surface area contributed by atoms with Gasteiger partial charge in [0.15, 0.2) is 0 Å². The van der Waals surface area contributed by atoms with Gasteiger partial charge in [0.2, 0.25) is 0 Å². The highest BCUT2D eigenvalue weighted by molar-refractivity contribution is 6.23. The summed E-state index contributed by atoms with van der Waals surface area (Å²) in [7, 11) is 0. The molecule has 0 amide bonds. The van der Waals surface area contributed by atoms with Gasteiger partial charge in [-0.3, -0.25) is 0 Å². The zero-order valence-electron chi connectivity index (χ0n) is 12.3. The molecule has 0 saturated heterocycles. The number of allylic oxidation sites excluding steroid dienone is 2. The van der Waals surface area contributed by atoms with E-state index >= 15 is 0 Å². The van der Waals surface area contributed by atoms with Crippen molar-refractivity contribution < 1.29 is 0 Å². The lowest BCUT2D eigenvalue weighted by molar-refractivity contribution is 1.00. The first-order valence-electron chi connectivity index (χ1n) is 7.19. The Bertz CT molecular complexity index is 775. The number of anilines is 1. The van der Waals surface area contributed by atoms with E-state index in [0.717, 1.165) is 22.4 Å². The first kappa shape index (κ1) is 14.5. The molecule has 22 heavy (non-hydrogen) atoms. The second-order valence-corrected chi connectivity index (χ2v) is 5.42. The fraction of sp³-hybridized carbons (Fsp3) is 0.100. The van der Waals surface area contributed by atoms with Gasteiger partial charge in [0.25, 0.3) is 0 Å². The normalized spacial score (nSPS) is 16.3. The van der Waals surface area contributed by atoms with Gasteiger partial charge in [0.1, 0.15) is 5.50 Å². The summed E-state index contributed by atoms with van der Waals surface area (Å²) in [6.45, 7) is 1.85. The first-order valence-corrected chi connectivity index (χ1v) is 7.63.